The van der Waals surface area contributed by atoms with Gasteiger partial charge in [-0.2, -0.15) is 0 Å². The molecule has 2 heterocycles. The molecule has 0 amide bonds. The number of hydrogen-bond acceptors (Lipinski definition) is 1. The van der Waals surface area contributed by atoms with Crippen molar-refractivity contribution in [3.63, 3.8) is 0 Å². The van der Waals surface area contributed by atoms with Crippen LogP contribution in [0.25, 0.3) is 60.6 Å². The minimum Gasteiger partial charge on any atom is -0.456 e. The fourth-order valence-electron chi connectivity index (χ4n) is 6.36. The zero-order valence-corrected chi connectivity index (χ0v) is 19.7. The second kappa shape index (κ2) is 6.43. The Kier molecular flexibility index (Phi) is 3.50. The van der Waals surface area contributed by atoms with E-state index >= 15 is 0 Å². The monoisotopic (exact) mass is 449 g/mol. The van der Waals surface area contributed by atoms with E-state index in [4.69, 9.17) is 4.42 Å². The standard InChI is InChI=1S/C33H23NO/c1-33(2)21-10-7-9-20(19-21)22-13-8-16-28-30(22)31-29(35-28)18-17-27(32(31)33)34-25-14-5-3-11-23(25)24-12-4-6-15-26(24)34/h3-19H,1-2H3. The quantitative estimate of drug-likeness (QED) is 0.244. The van der Waals surface area contributed by atoms with Gasteiger partial charge in [0.05, 0.1) is 16.7 Å². The molecule has 0 aliphatic heterocycles. The summed E-state index contributed by atoms with van der Waals surface area (Å²) in [5, 5.41) is 4.99. The van der Waals surface area contributed by atoms with Crippen LogP contribution in [0.5, 0.6) is 0 Å². The largest absolute Gasteiger partial charge is 0.456 e. The average Bonchev–Trinajstić information content (AvgIpc) is 3.43. The van der Waals surface area contributed by atoms with Gasteiger partial charge in [0, 0.05) is 27.0 Å². The number of benzene rings is 5. The van der Waals surface area contributed by atoms with Crippen molar-refractivity contribution < 1.29 is 4.42 Å². The summed E-state index contributed by atoms with van der Waals surface area (Å²) in [6.45, 7) is 4.70. The topological polar surface area (TPSA) is 18.1 Å². The van der Waals surface area contributed by atoms with E-state index in [2.05, 4.69) is 122 Å². The Morgan fingerprint density at radius 1 is 0.629 bits per heavy atom. The molecule has 2 aromatic heterocycles. The maximum atomic E-state index is 6.47. The average molecular weight is 450 g/mol. The highest BCUT2D eigenvalue weighted by Crippen LogP contribution is 2.49. The molecule has 2 nitrogen and oxygen atoms in total. The smallest absolute Gasteiger partial charge is 0.136 e. The summed E-state index contributed by atoms with van der Waals surface area (Å²) in [5.74, 6) is 0. The second-order valence-corrected chi connectivity index (χ2v) is 10.2. The van der Waals surface area contributed by atoms with Gasteiger partial charge in [-0.25, -0.2) is 0 Å². The number of fused-ring (bicyclic) bond motifs is 6. The van der Waals surface area contributed by atoms with E-state index in [1.54, 1.807) is 0 Å². The van der Waals surface area contributed by atoms with Crippen LogP contribution in [-0.4, -0.2) is 4.57 Å². The van der Waals surface area contributed by atoms with Crippen molar-refractivity contribution in [3.8, 4) is 16.8 Å². The van der Waals surface area contributed by atoms with E-state index in [0.717, 1.165) is 11.2 Å². The fourth-order valence-corrected chi connectivity index (χ4v) is 6.36. The van der Waals surface area contributed by atoms with Gasteiger partial charge in [0.25, 0.3) is 0 Å². The molecule has 0 radical (unpaired) electrons. The predicted molar refractivity (Wildman–Crippen MR) is 146 cm³/mol. The molecule has 5 aromatic carbocycles. The lowest BCUT2D eigenvalue weighted by Gasteiger charge is -2.32. The third-order valence-electron chi connectivity index (χ3n) is 7.98. The molecule has 1 aliphatic rings. The van der Waals surface area contributed by atoms with Crippen LogP contribution in [0.2, 0.25) is 0 Å². The Morgan fingerprint density at radius 3 is 2.09 bits per heavy atom. The molecule has 0 N–H and O–H groups in total. The van der Waals surface area contributed by atoms with Crippen molar-refractivity contribution in [2.45, 2.75) is 19.3 Å². The maximum Gasteiger partial charge on any atom is 0.136 e. The van der Waals surface area contributed by atoms with Crippen LogP contribution in [0.15, 0.2) is 108 Å². The van der Waals surface area contributed by atoms with Gasteiger partial charge in [-0.05, 0) is 52.6 Å². The van der Waals surface area contributed by atoms with Crippen LogP contribution >= 0.6 is 0 Å². The predicted octanol–water partition coefficient (Wildman–Crippen LogP) is 8.99. The van der Waals surface area contributed by atoms with Crippen molar-refractivity contribution in [2.24, 2.45) is 0 Å². The Labute approximate surface area is 203 Å². The molecule has 0 atom stereocenters. The third-order valence-corrected chi connectivity index (χ3v) is 7.98. The number of para-hydroxylation sites is 2. The van der Waals surface area contributed by atoms with E-state index in [0.29, 0.717) is 0 Å². The van der Waals surface area contributed by atoms with Crippen LogP contribution in [0.4, 0.5) is 0 Å². The number of nitrogens with zero attached hydrogens (tertiary/aromatic N) is 1. The molecule has 166 valence electrons. The Balaban J connectivity index is 1.65. The van der Waals surface area contributed by atoms with E-state index in [9.17, 15) is 0 Å². The lowest BCUT2D eigenvalue weighted by molar-refractivity contribution is 0.639. The maximum absolute atomic E-state index is 6.47. The van der Waals surface area contributed by atoms with Gasteiger partial charge in [-0.1, -0.05) is 86.6 Å². The molecular formula is C33H23NO. The van der Waals surface area contributed by atoms with Gasteiger partial charge in [0.1, 0.15) is 11.2 Å². The van der Waals surface area contributed by atoms with Crippen molar-refractivity contribution in [2.75, 3.05) is 0 Å². The first kappa shape index (κ1) is 19.1. The first-order chi connectivity index (χ1) is 17.1. The van der Waals surface area contributed by atoms with E-state index in [1.165, 1.54) is 60.5 Å². The van der Waals surface area contributed by atoms with Crippen molar-refractivity contribution >= 4 is 43.7 Å². The first-order valence-electron chi connectivity index (χ1n) is 12.2. The van der Waals surface area contributed by atoms with Crippen molar-refractivity contribution in [1.29, 1.82) is 0 Å². The SMILES string of the molecule is CC1(C)c2cccc(c2)-c2cccc3oc4ccc(-n5c6ccccc6c6ccccc65)c1c4c23. The molecule has 0 saturated carbocycles. The van der Waals surface area contributed by atoms with E-state index < -0.39 is 0 Å². The number of rotatable bonds is 1. The number of aromatic nitrogens is 1. The molecule has 0 unspecified atom stereocenters. The Hall–Kier alpha value is -4.30. The molecular weight excluding hydrogens is 426 g/mol. The molecule has 0 saturated heterocycles. The molecule has 2 heteroatoms. The fraction of sp³-hybridized carbons (Fsp3) is 0.0909. The van der Waals surface area contributed by atoms with Crippen LogP contribution in [0.3, 0.4) is 0 Å². The van der Waals surface area contributed by atoms with E-state index in [-0.39, 0.29) is 5.41 Å². The highest BCUT2D eigenvalue weighted by molar-refractivity contribution is 6.16. The van der Waals surface area contributed by atoms with Crippen LogP contribution in [0.1, 0.15) is 25.0 Å². The van der Waals surface area contributed by atoms with Crippen LogP contribution in [-0.2, 0) is 5.41 Å². The molecule has 2 bridgehead atoms. The summed E-state index contributed by atoms with van der Waals surface area (Å²) < 4.78 is 8.93. The summed E-state index contributed by atoms with van der Waals surface area (Å²) in [7, 11) is 0. The zero-order chi connectivity index (χ0) is 23.3. The molecule has 0 spiro atoms. The summed E-state index contributed by atoms with van der Waals surface area (Å²) in [6, 6.07) is 37.4. The van der Waals surface area contributed by atoms with Gasteiger partial charge in [-0.3, -0.25) is 0 Å². The first-order valence-corrected chi connectivity index (χ1v) is 12.2. The lowest BCUT2D eigenvalue weighted by Crippen LogP contribution is -2.22. The van der Waals surface area contributed by atoms with Gasteiger partial charge in [-0.15, -0.1) is 0 Å². The highest BCUT2D eigenvalue weighted by Gasteiger charge is 2.34. The molecule has 35 heavy (non-hydrogen) atoms. The highest BCUT2D eigenvalue weighted by atomic mass is 16.3. The van der Waals surface area contributed by atoms with Gasteiger partial charge >= 0.3 is 0 Å². The molecule has 1 aliphatic carbocycles. The van der Waals surface area contributed by atoms with Crippen molar-refractivity contribution in [1.82, 2.24) is 4.57 Å². The summed E-state index contributed by atoms with van der Waals surface area (Å²) >= 11 is 0. The van der Waals surface area contributed by atoms with Crippen molar-refractivity contribution in [3.05, 3.63) is 114 Å². The van der Waals surface area contributed by atoms with Gasteiger partial charge in [0.15, 0.2) is 0 Å². The zero-order valence-electron chi connectivity index (χ0n) is 19.7. The van der Waals surface area contributed by atoms with Gasteiger partial charge in [0.2, 0.25) is 0 Å². The third kappa shape index (κ3) is 2.34. The Bertz CT molecular complexity index is 1930. The minimum atomic E-state index is -0.234. The minimum absolute atomic E-state index is 0.234. The lowest BCUT2D eigenvalue weighted by atomic mass is 9.73. The number of hydrogen-bond donors (Lipinski definition) is 0. The molecule has 7 aromatic rings. The van der Waals surface area contributed by atoms with Crippen LogP contribution in [0, 0.1) is 0 Å². The van der Waals surface area contributed by atoms with E-state index in [1.807, 2.05) is 0 Å². The van der Waals surface area contributed by atoms with Gasteiger partial charge < -0.3 is 8.98 Å². The molecule has 0 fully saturated rings. The summed E-state index contributed by atoms with van der Waals surface area (Å²) in [6.07, 6.45) is 0. The van der Waals surface area contributed by atoms with Crippen LogP contribution < -0.4 is 0 Å². The Morgan fingerprint density at radius 2 is 1.31 bits per heavy atom. The molecule has 8 rings (SSSR count). The summed E-state index contributed by atoms with van der Waals surface area (Å²) in [4.78, 5) is 0. The summed E-state index contributed by atoms with van der Waals surface area (Å²) in [5.41, 5.74) is 10.4. The number of furan rings is 1. The normalized spacial score (nSPS) is 14.2. The second-order valence-electron chi connectivity index (χ2n) is 10.2.